The second-order valence-electron chi connectivity index (χ2n) is 9.25. The van der Waals surface area contributed by atoms with Crippen LogP contribution in [0, 0.1) is 0 Å². The summed E-state index contributed by atoms with van der Waals surface area (Å²) in [5.41, 5.74) is 10.9. The molecule has 0 aliphatic heterocycles. The number of aromatic nitrogens is 2. The summed E-state index contributed by atoms with van der Waals surface area (Å²) in [4.78, 5) is 4.78. The standard InChI is InChI=1S/C33H20N2/c1-2-8-21(9-3-1)22-15-16-31-28(19-22)25-11-4-5-14-30(25)35(31)24-18-23-10-6-12-26-27-13-7-17-34-33(27)29(20-24)32(23)26/h1-20H. The molecule has 0 amide bonds. The molecule has 0 unspecified atom stereocenters. The van der Waals surface area contributed by atoms with E-state index in [0.717, 1.165) is 5.69 Å². The second kappa shape index (κ2) is 6.91. The van der Waals surface area contributed by atoms with Crippen molar-refractivity contribution in [1.29, 1.82) is 0 Å². The van der Waals surface area contributed by atoms with E-state index in [-0.39, 0.29) is 0 Å². The van der Waals surface area contributed by atoms with E-state index in [1.807, 2.05) is 12.3 Å². The summed E-state index contributed by atoms with van der Waals surface area (Å²) >= 11 is 0. The molecule has 0 atom stereocenters. The predicted octanol–water partition coefficient (Wildman–Crippen LogP) is 8.65. The minimum Gasteiger partial charge on any atom is -0.309 e. The van der Waals surface area contributed by atoms with E-state index in [4.69, 9.17) is 4.98 Å². The number of para-hydroxylation sites is 1. The Balaban J connectivity index is 1.45. The van der Waals surface area contributed by atoms with Gasteiger partial charge < -0.3 is 4.57 Å². The maximum absolute atomic E-state index is 4.78. The smallest absolute Gasteiger partial charge is 0.0787 e. The van der Waals surface area contributed by atoms with Gasteiger partial charge >= 0.3 is 0 Å². The van der Waals surface area contributed by atoms with Crippen molar-refractivity contribution in [3.63, 3.8) is 0 Å². The molecular formula is C33H20N2. The lowest BCUT2D eigenvalue weighted by molar-refractivity contribution is 1.19. The van der Waals surface area contributed by atoms with Crippen LogP contribution >= 0.6 is 0 Å². The predicted molar refractivity (Wildman–Crippen MR) is 146 cm³/mol. The third kappa shape index (κ3) is 2.57. The lowest BCUT2D eigenvalue weighted by Crippen LogP contribution is -1.95. The summed E-state index contributed by atoms with van der Waals surface area (Å²) < 4.78 is 2.41. The van der Waals surface area contributed by atoms with Crippen LogP contribution in [0.4, 0.5) is 0 Å². The van der Waals surface area contributed by atoms with Crippen LogP contribution < -0.4 is 0 Å². The largest absolute Gasteiger partial charge is 0.309 e. The molecule has 0 bridgehead atoms. The van der Waals surface area contributed by atoms with Gasteiger partial charge in [0.1, 0.15) is 0 Å². The van der Waals surface area contributed by atoms with Gasteiger partial charge in [0.15, 0.2) is 0 Å². The van der Waals surface area contributed by atoms with E-state index in [2.05, 4.69) is 114 Å². The molecule has 0 radical (unpaired) electrons. The molecule has 2 nitrogen and oxygen atoms in total. The Morgan fingerprint density at radius 3 is 2.29 bits per heavy atom. The first-order chi connectivity index (χ1) is 17.4. The quantitative estimate of drug-likeness (QED) is 0.261. The molecule has 0 fully saturated rings. The van der Waals surface area contributed by atoms with Crippen molar-refractivity contribution in [2.45, 2.75) is 0 Å². The van der Waals surface area contributed by atoms with Crippen LogP contribution in [0.15, 0.2) is 121 Å². The number of benzene rings is 5. The first kappa shape index (κ1) is 18.7. The van der Waals surface area contributed by atoms with Gasteiger partial charge in [-0.1, -0.05) is 78.9 Å². The van der Waals surface area contributed by atoms with Crippen molar-refractivity contribution in [3.05, 3.63) is 121 Å². The average molecular weight is 445 g/mol. The molecule has 0 saturated carbocycles. The summed E-state index contributed by atoms with van der Waals surface area (Å²) in [5.74, 6) is 0. The molecule has 2 heteroatoms. The van der Waals surface area contributed by atoms with Crippen LogP contribution in [0.1, 0.15) is 0 Å². The summed E-state index contributed by atoms with van der Waals surface area (Å²) in [6.07, 6.45) is 1.90. The van der Waals surface area contributed by atoms with E-state index >= 15 is 0 Å². The minimum absolute atomic E-state index is 1.08. The maximum atomic E-state index is 4.78. The van der Waals surface area contributed by atoms with E-state index in [0.29, 0.717) is 0 Å². The van der Waals surface area contributed by atoms with Crippen LogP contribution in [0.2, 0.25) is 0 Å². The fraction of sp³-hybridized carbons (Fsp3) is 0. The second-order valence-corrected chi connectivity index (χ2v) is 9.25. The van der Waals surface area contributed by atoms with E-state index in [9.17, 15) is 0 Å². The molecule has 7 aromatic rings. The summed E-state index contributed by atoms with van der Waals surface area (Å²) in [6.45, 7) is 0. The van der Waals surface area contributed by atoms with Gasteiger partial charge in [0.05, 0.1) is 16.7 Å². The molecular weight excluding hydrogens is 424 g/mol. The van der Waals surface area contributed by atoms with Crippen LogP contribution in [0.3, 0.4) is 0 Å². The molecule has 1 aliphatic carbocycles. The topological polar surface area (TPSA) is 17.8 Å². The highest BCUT2D eigenvalue weighted by Crippen LogP contribution is 2.47. The van der Waals surface area contributed by atoms with E-state index in [1.165, 1.54) is 66.1 Å². The molecule has 0 N–H and O–H groups in total. The monoisotopic (exact) mass is 444 g/mol. The number of pyridine rings is 1. The third-order valence-electron chi connectivity index (χ3n) is 7.35. The van der Waals surface area contributed by atoms with Gasteiger partial charge in [-0.3, -0.25) is 4.98 Å². The summed E-state index contributed by atoms with van der Waals surface area (Å²) in [5, 5.41) is 5.09. The highest BCUT2D eigenvalue weighted by molar-refractivity contribution is 6.16. The summed E-state index contributed by atoms with van der Waals surface area (Å²) in [6, 6.07) is 41.6. The van der Waals surface area contributed by atoms with Crippen molar-refractivity contribution >= 4 is 32.6 Å². The fourth-order valence-electron chi connectivity index (χ4n) is 5.85. The zero-order chi connectivity index (χ0) is 22.9. The normalized spacial score (nSPS) is 12.0. The van der Waals surface area contributed by atoms with Gasteiger partial charge in [0.25, 0.3) is 0 Å². The van der Waals surface area contributed by atoms with E-state index < -0.39 is 0 Å². The lowest BCUT2D eigenvalue weighted by atomic mass is 10.0. The molecule has 5 aromatic carbocycles. The van der Waals surface area contributed by atoms with Crippen LogP contribution in [0.5, 0.6) is 0 Å². The number of hydrogen-bond donors (Lipinski definition) is 0. The molecule has 0 saturated heterocycles. The van der Waals surface area contributed by atoms with Crippen LogP contribution in [0.25, 0.3) is 71.8 Å². The van der Waals surface area contributed by atoms with Crippen molar-refractivity contribution in [2.24, 2.45) is 0 Å². The summed E-state index contributed by atoms with van der Waals surface area (Å²) in [7, 11) is 0. The number of fused-ring (bicyclic) bond motifs is 6. The lowest BCUT2D eigenvalue weighted by Gasteiger charge is -2.12. The number of nitrogens with zero attached hydrogens (tertiary/aromatic N) is 2. The molecule has 1 aliphatic rings. The van der Waals surface area contributed by atoms with E-state index in [1.54, 1.807) is 0 Å². The molecule has 8 rings (SSSR count). The van der Waals surface area contributed by atoms with Crippen molar-refractivity contribution < 1.29 is 0 Å². The molecule has 162 valence electrons. The molecule has 35 heavy (non-hydrogen) atoms. The molecule has 2 aromatic heterocycles. The third-order valence-corrected chi connectivity index (χ3v) is 7.35. The van der Waals surface area contributed by atoms with Crippen LogP contribution in [-0.2, 0) is 0 Å². The van der Waals surface area contributed by atoms with Crippen molar-refractivity contribution in [3.8, 4) is 39.2 Å². The Hall–Kier alpha value is -4.69. The van der Waals surface area contributed by atoms with Gasteiger partial charge in [0.2, 0.25) is 0 Å². The van der Waals surface area contributed by atoms with Gasteiger partial charge in [-0.05, 0) is 63.9 Å². The Morgan fingerprint density at radius 2 is 1.34 bits per heavy atom. The van der Waals surface area contributed by atoms with Gasteiger partial charge in [-0.15, -0.1) is 0 Å². The average Bonchev–Trinajstić information content (AvgIpc) is 3.43. The minimum atomic E-state index is 1.08. The van der Waals surface area contributed by atoms with Gasteiger partial charge in [0, 0.05) is 33.8 Å². The fourth-order valence-corrected chi connectivity index (χ4v) is 5.85. The number of hydrogen-bond acceptors (Lipinski definition) is 1. The van der Waals surface area contributed by atoms with Crippen molar-refractivity contribution in [2.75, 3.05) is 0 Å². The zero-order valence-electron chi connectivity index (χ0n) is 18.9. The van der Waals surface area contributed by atoms with Gasteiger partial charge in [-0.25, -0.2) is 0 Å². The number of rotatable bonds is 2. The Bertz CT molecular complexity index is 1940. The first-order valence-corrected chi connectivity index (χ1v) is 12.0. The molecule has 2 heterocycles. The zero-order valence-corrected chi connectivity index (χ0v) is 18.9. The first-order valence-electron chi connectivity index (χ1n) is 12.0. The van der Waals surface area contributed by atoms with Crippen molar-refractivity contribution in [1.82, 2.24) is 9.55 Å². The Morgan fingerprint density at radius 1 is 0.514 bits per heavy atom. The molecule has 0 spiro atoms. The Labute approximate surface area is 202 Å². The Kier molecular flexibility index (Phi) is 3.69. The maximum Gasteiger partial charge on any atom is 0.0787 e. The highest BCUT2D eigenvalue weighted by atomic mass is 15.0. The van der Waals surface area contributed by atoms with Gasteiger partial charge in [-0.2, -0.15) is 0 Å². The highest BCUT2D eigenvalue weighted by Gasteiger charge is 2.24. The SMILES string of the molecule is c1ccc(-c2ccc3c(c2)c2ccccc2n3-c2cc3c4c(cccc4c2)-c2cccnc2-3)cc1. The van der Waals surface area contributed by atoms with Crippen LogP contribution in [-0.4, -0.2) is 9.55 Å².